The molecule has 0 bridgehead atoms. The topological polar surface area (TPSA) is 38.5 Å². The average Bonchev–Trinajstić information content (AvgIpc) is 3.17. The summed E-state index contributed by atoms with van der Waals surface area (Å²) in [5.74, 6) is 1.44. The minimum Gasteiger partial charge on any atom is -0.493 e. The standard InChI is InChI=1S/C26H27N3O2/c1-30-24-13-7-8-19(26(24)31-2)18-27-29-16-14-28(15-17-29)25-22-11-5-3-9-20(22)21-10-4-6-12-23(21)25/h3-13,18,25H,14-17H2,1-2H3/p+1/b27-18-. The number of fused-ring (bicyclic) bond motifs is 3. The smallest absolute Gasteiger partial charge is 0.169 e. The molecule has 1 fully saturated rings. The number of hydrogen-bond donors (Lipinski definition) is 1. The zero-order valence-corrected chi connectivity index (χ0v) is 18.0. The predicted molar refractivity (Wildman–Crippen MR) is 123 cm³/mol. The molecule has 1 heterocycles. The van der Waals surface area contributed by atoms with Gasteiger partial charge in [-0.15, -0.1) is 0 Å². The summed E-state index contributed by atoms with van der Waals surface area (Å²) in [6, 6.07) is 24.0. The summed E-state index contributed by atoms with van der Waals surface area (Å²) in [6.07, 6.45) is 1.88. The Labute approximate surface area is 183 Å². The highest BCUT2D eigenvalue weighted by molar-refractivity contribution is 5.85. The molecule has 0 radical (unpaired) electrons. The Bertz CT molecular complexity index is 1060. The lowest BCUT2D eigenvalue weighted by molar-refractivity contribution is -0.929. The van der Waals surface area contributed by atoms with E-state index in [0.29, 0.717) is 6.04 Å². The van der Waals surface area contributed by atoms with Crippen LogP contribution in [0.5, 0.6) is 11.5 Å². The molecule has 3 aromatic carbocycles. The van der Waals surface area contributed by atoms with Gasteiger partial charge < -0.3 is 14.4 Å². The van der Waals surface area contributed by atoms with Crippen LogP contribution in [0.4, 0.5) is 0 Å². The molecule has 3 aromatic rings. The van der Waals surface area contributed by atoms with Crippen LogP contribution in [0.2, 0.25) is 0 Å². The first-order valence-corrected chi connectivity index (χ1v) is 10.8. The van der Waals surface area contributed by atoms with Crippen LogP contribution < -0.4 is 14.4 Å². The monoisotopic (exact) mass is 414 g/mol. The molecule has 158 valence electrons. The highest BCUT2D eigenvalue weighted by atomic mass is 16.5. The second-order valence-electron chi connectivity index (χ2n) is 8.05. The molecule has 1 saturated heterocycles. The first-order valence-electron chi connectivity index (χ1n) is 10.8. The van der Waals surface area contributed by atoms with Gasteiger partial charge in [-0.3, -0.25) is 5.01 Å². The van der Waals surface area contributed by atoms with Crippen LogP contribution in [0, 0.1) is 0 Å². The van der Waals surface area contributed by atoms with Crippen molar-refractivity contribution < 1.29 is 14.4 Å². The van der Waals surface area contributed by atoms with E-state index in [4.69, 9.17) is 14.6 Å². The first kappa shape index (κ1) is 19.6. The summed E-state index contributed by atoms with van der Waals surface area (Å²) in [6.45, 7) is 3.97. The summed E-state index contributed by atoms with van der Waals surface area (Å²) in [4.78, 5) is 1.61. The number of nitrogens with one attached hydrogen (secondary N) is 1. The Kier molecular flexibility index (Phi) is 5.35. The van der Waals surface area contributed by atoms with Crippen molar-refractivity contribution in [3.63, 3.8) is 0 Å². The number of piperazine rings is 1. The maximum absolute atomic E-state index is 5.52. The lowest BCUT2D eigenvalue weighted by Gasteiger charge is -2.34. The van der Waals surface area contributed by atoms with Crippen LogP contribution in [-0.2, 0) is 0 Å². The predicted octanol–water partition coefficient (Wildman–Crippen LogP) is 3.01. The lowest BCUT2D eigenvalue weighted by Crippen LogP contribution is -3.14. The normalized spacial score (nSPS) is 16.4. The number of rotatable bonds is 5. The molecule has 1 aliphatic heterocycles. The van der Waals surface area contributed by atoms with Gasteiger partial charge in [0.2, 0.25) is 0 Å². The van der Waals surface area contributed by atoms with Gasteiger partial charge in [0.1, 0.15) is 6.04 Å². The quantitative estimate of drug-likeness (QED) is 0.653. The molecule has 0 saturated carbocycles. The molecule has 5 rings (SSSR count). The minimum atomic E-state index is 0.414. The van der Waals surface area contributed by atoms with E-state index in [1.54, 1.807) is 19.1 Å². The fourth-order valence-electron chi connectivity index (χ4n) is 4.94. The van der Waals surface area contributed by atoms with E-state index >= 15 is 0 Å². The van der Waals surface area contributed by atoms with Crippen LogP contribution in [0.1, 0.15) is 22.7 Å². The Hall–Kier alpha value is -3.31. The number of quaternary nitrogens is 1. The van der Waals surface area contributed by atoms with E-state index in [1.165, 1.54) is 22.3 Å². The second kappa shape index (κ2) is 8.44. The van der Waals surface area contributed by atoms with Crippen molar-refractivity contribution in [2.75, 3.05) is 40.4 Å². The summed E-state index contributed by atoms with van der Waals surface area (Å²) in [5, 5.41) is 6.91. The van der Waals surface area contributed by atoms with Crippen molar-refractivity contribution in [2.45, 2.75) is 6.04 Å². The average molecular weight is 415 g/mol. The zero-order chi connectivity index (χ0) is 21.2. The Morgan fingerprint density at radius 3 is 2.10 bits per heavy atom. The number of ether oxygens (including phenoxy) is 2. The third-order valence-corrected chi connectivity index (χ3v) is 6.42. The summed E-state index contributed by atoms with van der Waals surface area (Å²) >= 11 is 0. The van der Waals surface area contributed by atoms with Gasteiger partial charge in [0, 0.05) is 16.7 Å². The number of nitrogens with zero attached hydrogens (tertiary/aromatic N) is 2. The maximum Gasteiger partial charge on any atom is 0.169 e. The number of hydrazone groups is 1. The second-order valence-corrected chi connectivity index (χ2v) is 8.05. The highest BCUT2D eigenvalue weighted by Crippen LogP contribution is 2.41. The van der Waals surface area contributed by atoms with Crippen molar-refractivity contribution >= 4 is 6.21 Å². The van der Waals surface area contributed by atoms with Crippen LogP contribution >= 0.6 is 0 Å². The molecule has 31 heavy (non-hydrogen) atoms. The molecular weight excluding hydrogens is 386 g/mol. The first-order chi connectivity index (χ1) is 15.3. The molecule has 1 aliphatic carbocycles. The van der Waals surface area contributed by atoms with Gasteiger partial charge >= 0.3 is 0 Å². The van der Waals surface area contributed by atoms with Crippen LogP contribution in [0.15, 0.2) is 71.8 Å². The van der Waals surface area contributed by atoms with Crippen molar-refractivity contribution in [2.24, 2.45) is 5.10 Å². The fourth-order valence-corrected chi connectivity index (χ4v) is 4.94. The fraction of sp³-hybridized carbons (Fsp3) is 0.269. The Balaban J connectivity index is 1.31. The molecule has 0 atom stereocenters. The summed E-state index contributed by atoms with van der Waals surface area (Å²) < 4.78 is 10.9. The van der Waals surface area contributed by atoms with Crippen molar-refractivity contribution in [1.82, 2.24) is 5.01 Å². The van der Waals surface area contributed by atoms with E-state index in [9.17, 15) is 0 Å². The number of methoxy groups -OCH3 is 2. The van der Waals surface area contributed by atoms with Gasteiger partial charge in [-0.2, -0.15) is 5.10 Å². The van der Waals surface area contributed by atoms with Crippen LogP contribution in [0.3, 0.4) is 0 Å². The van der Waals surface area contributed by atoms with E-state index in [1.807, 2.05) is 24.4 Å². The maximum atomic E-state index is 5.52. The molecule has 2 aliphatic rings. The van der Waals surface area contributed by atoms with Gasteiger partial charge in [0.15, 0.2) is 11.5 Å². The Morgan fingerprint density at radius 1 is 0.839 bits per heavy atom. The molecular formula is C26H28N3O2+. The minimum absolute atomic E-state index is 0.414. The van der Waals surface area contributed by atoms with E-state index < -0.39 is 0 Å². The molecule has 5 heteroatoms. The third-order valence-electron chi connectivity index (χ3n) is 6.42. The molecule has 0 amide bonds. The molecule has 0 unspecified atom stereocenters. The molecule has 5 nitrogen and oxygen atoms in total. The van der Waals surface area contributed by atoms with Crippen LogP contribution in [-0.4, -0.2) is 51.6 Å². The van der Waals surface area contributed by atoms with Gasteiger partial charge in [0.25, 0.3) is 0 Å². The number of para-hydroxylation sites is 1. The Morgan fingerprint density at radius 2 is 1.48 bits per heavy atom. The van der Waals surface area contributed by atoms with Crippen molar-refractivity contribution in [3.8, 4) is 22.6 Å². The number of hydrogen-bond acceptors (Lipinski definition) is 4. The van der Waals surface area contributed by atoms with E-state index in [0.717, 1.165) is 43.2 Å². The van der Waals surface area contributed by atoms with Crippen molar-refractivity contribution in [1.29, 1.82) is 0 Å². The largest absolute Gasteiger partial charge is 0.493 e. The van der Waals surface area contributed by atoms with Crippen molar-refractivity contribution in [3.05, 3.63) is 83.4 Å². The summed E-state index contributed by atoms with van der Waals surface area (Å²) in [7, 11) is 3.31. The lowest BCUT2D eigenvalue weighted by atomic mass is 10.0. The van der Waals surface area contributed by atoms with Crippen LogP contribution in [0.25, 0.3) is 11.1 Å². The van der Waals surface area contributed by atoms with Gasteiger partial charge in [-0.05, 0) is 23.3 Å². The molecule has 0 aromatic heterocycles. The van der Waals surface area contributed by atoms with Gasteiger partial charge in [-0.25, -0.2) is 0 Å². The zero-order valence-electron chi connectivity index (χ0n) is 18.0. The number of benzene rings is 3. The molecule has 1 N–H and O–H groups in total. The summed E-state index contributed by atoms with van der Waals surface area (Å²) in [5.41, 5.74) is 6.62. The van der Waals surface area contributed by atoms with Gasteiger partial charge in [-0.1, -0.05) is 54.6 Å². The van der Waals surface area contributed by atoms with E-state index in [-0.39, 0.29) is 0 Å². The third kappa shape index (κ3) is 3.55. The molecule has 0 spiro atoms. The highest BCUT2D eigenvalue weighted by Gasteiger charge is 2.37. The van der Waals surface area contributed by atoms with E-state index in [2.05, 4.69) is 53.5 Å². The SMILES string of the molecule is COc1cccc(/C=N\N2CC[NH+](C3c4ccccc4-c4ccccc43)CC2)c1OC. The van der Waals surface area contributed by atoms with Gasteiger partial charge in [0.05, 0.1) is 46.6 Å².